The summed E-state index contributed by atoms with van der Waals surface area (Å²) in [4.78, 5) is 25.1. The first-order valence-electron chi connectivity index (χ1n) is 12.6. The molecule has 2 aliphatic rings. The van der Waals surface area contributed by atoms with Crippen molar-refractivity contribution in [2.45, 2.75) is 32.5 Å². The fourth-order valence-electron chi connectivity index (χ4n) is 5.21. The summed E-state index contributed by atoms with van der Waals surface area (Å²) >= 11 is 0. The molecule has 0 N–H and O–H groups in total. The van der Waals surface area contributed by atoms with E-state index in [0.717, 1.165) is 75.7 Å². The lowest BCUT2D eigenvalue weighted by atomic mass is 10.1. The number of aryl methyl sites for hydroxylation is 1. The Bertz CT molecular complexity index is 1170. The maximum Gasteiger partial charge on any atom is 0.258 e. The van der Waals surface area contributed by atoms with E-state index < -0.39 is 0 Å². The molecule has 1 fully saturated rings. The van der Waals surface area contributed by atoms with Crippen molar-refractivity contribution in [2.75, 3.05) is 51.3 Å². The van der Waals surface area contributed by atoms with Gasteiger partial charge in [0, 0.05) is 58.8 Å². The molecule has 0 atom stereocenters. The molecule has 2 aromatic carbocycles. The Morgan fingerprint density at radius 1 is 0.886 bits per heavy atom. The summed E-state index contributed by atoms with van der Waals surface area (Å²) in [5.74, 6) is 0.933. The van der Waals surface area contributed by atoms with Crippen LogP contribution in [-0.2, 0) is 26.1 Å². The molecule has 3 heterocycles. The van der Waals surface area contributed by atoms with E-state index in [4.69, 9.17) is 4.74 Å². The molecule has 0 radical (unpaired) electrons. The van der Waals surface area contributed by atoms with Gasteiger partial charge in [-0.2, -0.15) is 0 Å². The maximum absolute atomic E-state index is 13.2. The van der Waals surface area contributed by atoms with Gasteiger partial charge in [0.25, 0.3) is 5.56 Å². The second-order valence-corrected chi connectivity index (χ2v) is 9.47. The Morgan fingerprint density at radius 2 is 1.66 bits per heavy atom. The van der Waals surface area contributed by atoms with Crippen LogP contribution in [0.1, 0.15) is 23.2 Å². The smallest absolute Gasteiger partial charge is 0.258 e. The number of benzene rings is 2. The van der Waals surface area contributed by atoms with Crippen molar-refractivity contribution < 1.29 is 4.74 Å². The minimum atomic E-state index is 0.133. The first-order valence-corrected chi connectivity index (χ1v) is 12.6. The molecule has 1 saturated heterocycles. The number of anilines is 1. The molecular weight excluding hydrogens is 438 g/mol. The van der Waals surface area contributed by atoms with Crippen LogP contribution in [0.15, 0.2) is 65.7 Å². The van der Waals surface area contributed by atoms with Crippen LogP contribution in [0.2, 0.25) is 0 Å². The number of fused-ring (bicyclic) bond motifs is 1. The van der Waals surface area contributed by atoms with Crippen molar-refractivity contribution in [3.63, 3.8) is 0 Å². The molecule has 7 heteroatoms. The predicted octanol–water partition coefficient (Wildman–Crippen LogP) is 3.02. The first kappa shape index (κ1) is 23.6. The van der Waals surface area contributed by atoms with Crippen LogP contribution in [0.25, 0.3) is 0 Å². The highest BCUT2D eigenvalue weighted by molar-refractivity contribution is 5.58. The van der Waals surface area contributed by atoms with Crippen LogP contribution < -0.4 is 15.2 Å². The maximum atomic E-state index is 13.2. The number of nitrogens with zero attached hydrogens (tertiary/aromatic N) is 5. The number of rotatable bonds is 8. The number of piperazine rings is 1. The van der Waals surface area contributed by atoms with Crippen LogP contribution in [0.4, 0.5) is 5.69 Å². The minimum Gasteiger partial charge on any atom is -0.495 e. The number of methoxy groups -OCH3 is 1. The molecule has 0 amide bonds. The van der Waals surface area contributed by atoms with Gasteiger partial charge in [0.2, 0.25) is 0 Å². The summed E-state index contributed by atoms with van der Waals surface area (Å²) in [6, 6.07) is 18.7. The highest BCUT2D eigenvalue weighted by atomic mass is 16.5. The average Bonchev–Trinajstić information content (AvgIpc) is 2.91. The number of hydrogen-bond donors (Lipinski definition) is 0. The van der Waals surface area contributed by atoms with Gasteiger partial charge in [0.05, 0.1) is 30.4 Å². The second-order valence-electron chi connectivity index (χ2n) is 9.47. The lowest BCUT2D eigenvalue weighted by Gasteiger charge is -2.36. The normalized spacial score (nSPS) is 16.8. The summed E-state index contributed by atoms with van der Waals surface area (Å²) in [5.41, 5.74) is 4.44. The topological polar surface area (TPSA) is 53.8 Å². The quantitative estimate of drug-likeness (QED) is 0.501. The standard InChI is InChI=1S/C28H35N5O2/c1-35-27-11-6-5-10-26(27)32-18-16-30(17-19-32)13-7-14-33-22-29-25-12-15-31(21-24(25)28(33)34)20-23-8-3-2-4-9-23/h2-6,8-11,22H,7,12-21H2,1H3. The van der Waals surface area contributed by atoms with Gasteiger partial charge in [-0.25, -0.2) is 4.98 Å². The van der Waals surface area contributed by atoms with Crippen LogP contribution >= 0.6 is 0 Å². The molecule has 5 rings (SSSR count). The van der Waals surface area contributed by atoms with Gasteiger partial charge in [0.15, 0.2) is 0 Å². The fourth-order valence-corrected chi connectivity index (χ4v) is 5.21. The largest absolute Gasteiger partial charge is 0.495 e. The Labute approximate surface area is 207 Å². The Hall–Kier alpha value is -3.16. The van der Waals surface area contributed by atoms with E-state index in [-0.39, 0.29) is 5.56 Å². The SMILES string of the molecule is COc1ccccc1N1CCN(CCCn2cnc3c(c2=O)CN(Cc2ccccc2)CC3)CC1. The molecule has 3 aromatic rings. The molecular formula is C28H35N5O2. The van der Waals surface area contributed by atoms with Gasteiger partial charge >= 0.3 is 0 Å². The van der Waals surface area contributed by atoms with Crippen molar-refractivity contribution in [1.82, 2.24) is 19.4 Å². The summed E-state index contributed by atoms with van der Waals surface area (Å²) in [7, 11) is 1.73. The van der Waals surface area contributed by atoms with Crippen molar-refractivity contribution in [3.05, 3.63) is 88.1 Å². The van der Waals surface area contributed by atoms with E-state index in [0.29, 0.717) is 13.1 Å². The third-order valence-corrected chi connectivity index (χ3v) is 7.19. The summed E-state index contributed by atoms with van der Waals surface area (Å²) in [5, 5.41) is 0. The number of ether oxygens (including phenoxy) is 1. The summed E-state index contributed by atoms with van der Waals surface area (Å²) in [6.07, 6.45) is 3.55. The first-order chi connectivity index (χ1) is 17.2. The molecule has 184 valence electrons. The summed E-state index contributed by atoms with van der Waals surface area (Å²) in [6.45, 7) is 8.20. The Kier molecular flexibility index (Phi) is 7.45. The molecule has 0 aliphatic carbocycles. The van der Waals surface area contributed by atoms with Crippen LogP contribution in [0.3, 0.4) is 0 Å². The molecule has 0 bridgehead atoms. The van der Waals surface area contributed by atoms with E-state index in [1.165, 1.54) is 11.3 Å². The third kappa shape index (κ3) is 5.57. The third-order valence-electron chi connectivity index (χ3n) is 7.19. The molecule has 0 unspecified atom stereocenters. The van der Waals surface area contributed by atoms with Crippen molar-refractivity contribution >= 4 is 5.69 Å². The molecule has 0 saturated carbocycles. The number of hydrogen-bond acceptors (Lipinski definition) is 6. The van der Waals surface area contributed by atoms with E-state index in [1.54, 1.807) is 13.4 Å². The van der Waals surface area contributed by atoms with E-state index in [9.17, 15) is 4.79 Å². The van der Waals surface area contributed by atoms with Gasteiger partial charge < -0.3 is 9.64 Å². The number of aromatic nitrogens is 2. The fraction of sp³-hybridized carbons (Fsp3) is 0.429. The zero-order chi connectivity index (χ0) is 24.0. The van der Waals surface area contributed by atoms with Crippen LogP contribution in [0, 0.1) is 0 Å². The van der Waals surface area contributed by atoms with Gasteiger partial charge in [-0.1, -0.05) is 42.5 Å². The lowest BCUT2D eigenvalue weighted by molar-refractivity contribution is 0.238. The number of para-hydroxylation sites is 2. The van der Waals surface area contributed by atoms with Crippen molar-refractivity contribution in [1.29, 1.82) is 0 Å². The average molecular weight is 474 g/mol. The van der Waals surface area contributed by atoms with E-state index in [2.05, 4.69) is 56.1 Å². The Balaban J connectivity index is 1.13. The lowest BCUT2D eigenvalue weighted by Crippen LogP contribution is -2.47. The van der Waals surface area contributed by atoms with Gasteiger partial charge in [-0.3, -0.25) is 19.2 Å². The molecule has 35 heavy (non-hydrogen) atoms. The molecule has 2 aliphatic heterocycles. The molecule has 0 spiro atoms. The second kappa shape index (κ2) is 11.1. The highest BCUT2D eigenvalue weighted by Crippen LogP contribution is 2.28. The van der Waals surface area contributed by atoms with Gasteiger partial charge in [-0.15, -0.1) is 0 Å². The zero-order valence-electron chi connectivity index (χ0n) is 20.6. The van der Waals surface area contributed by atoms with E-state index in [1.807, 2.05) is 22.8 Å². The highest BCUT2D eigenvalue weighted by Gasteiger charge is 2.22. The minimum absolute atomic E-state index is 0.133. The molecule has 7 nitrogen and oxygen atoms in total. The van der Waals surface area contributed by atoms with Crippen LogP contribution in [0.5, 0.6) is 5.75 Å². The van der Waals surface area contributed by atoms with Crippen molar-refractivity contribution in [3.8, 4) is 5.75 Å². The van der Waals surface area contributed by atoms with Crippen LogP contribution in [-0.4, -0.2) is 65.7 Å². The predicted molar refractivity (Wildman–Crippen MR) is 139 cm³/mol. The monoisotopic (exact) mass is 473 g/mol. The van der Waals surface area contributed by atoms with Gasteiger partial charge in [0.1, 0.15) is 5.75 Å². The van der Waals surface area contributed by atoms with E-state index >= 15 is 0 Å². The molecule has 1 aromatic heterocycles. The summed E-state index contributed by atoms with van der Waals surface area (Å²) < 4.78 is 7.35. The Morgan fingerprint density at radius 3 is 2.46 bits per heavy atom. The zero-order valence-corrected chi connectivity index (χ0v) is 20.6. The van der Waals surface area contributed by atoms with Gasteiger partial charge in [-0.05, 0) is 30.7 Å². The van der Waals surface area contributed by atoms with Crippen molar-refractivity contribution in [2.24, 2.45) is 0 Å².